The number of nitrogens with zero attached hydrogens (tertiary/aromatic N) is 2. The van der Waals surface area contributed by atoms with Crippen LogP contribution in [0.15, 0.2) is 18.3 Å². The van der Waals surface area contributed by atoms with Crippen LogP contribution in [0.4, 0.5) is 24.7 Å². The maximum Gasteiger partial charge on any atom is 0.490 e. The number of piperidine rings is 1. The highest BCUT2D eigenvalue weighted by atomic mass is 19.4. The molecule has 1 aromatic rings. The number of aromatic nitrogens is 1. The van der Waals surface area contributed by atoms with Crippen molar-refractivity contribution in [2.24, 2.45) is 0 Å². The Hall–Kier alpha value is -2.03. The van der Waals surface area contributed by atoms with Crippen molar-refractivity contribution in [1.82, 2.24) is 10.3 Å². The molecule has 22 heavy (non-hydrogen) atoms. The summed E-state index contributed by atoms with van der Waals surface area (Å²) in [6.45, 7) is 2.14. The van der Waals surface area contributed by atoms with Crippen LogP contribution in [-0.2, 0) is 4.79 Å². The van der Waals surface area contributed by atoms with Gasteiger partial charge in [0, 0.05) is 19.1 Å². The first-order valence-electron chi connectivity index (χ1n) is 6.68. The lowest BCUT2D eigenvalue weighted by Gasteiger charge is -2.32. The molecule has 4 N–H and O–H groups in total. The molecule has 0 aromatic carbocycles. The largest absolute Gasteiger partial charge is 0.490 e. The Kier molecular flexibility index (Phi) is 6.41. The molecule has 1 aliphatic heterocycles. The van der Waals surface area contributed by atoms with Crippen molar-refractivity contribution in [1.29, 1.82) is 0 Å². The van der Waals surface area contributed by atoms with Gasteiger partial charge in [0.15, 0.2) is 0 Å². The van der Waals surface area contributed by atoms with Crippen molar-refractivity contribution < 1.29 is 23.1 Å². The molecule has 124 valence electrons. The van der Waals surface area contributed by atoms with E-state index in [1.54, 1.807) is 6.20 Å². The first kappa shape index (κ1) is 18.0. The number of pyridine rings is 1. The molecule has 9 heteroatoms. The molecule has 1 aliphatic rings. The molecule has 2 rings (SSSR count). The number of nitrogens with one attached hydrogen (secondary N) is 1. The standard InChI is InChI=1S/C11H18N4.C2HF3O2/c1-13-10-4-6-15(7-5-10)11-3-2-9(12)8-14-11;3-2(4,5)1(6)7/h2-3,8,10,13H,4-7,12H2,1H3;(H,6,7). The van der Waals surface area contributed by atoms with E-state index in [-0.39, 0.29) is 0 Å². The van der Waals surface area contributed by atoms with E-state index in [1.807, 2.05) is 19.2 Å². The van der Waals surface area contributed by atoms with Gasteiger partial charge in [-0.25, -0.2) is 9.78 Å². The van der Waals surface area contributed by atoms with Gasteiger partial charge in [-0.15, -0.1) is 0 Å². The Morgan fingerprint density at radius 1 is 1.41 bits per heavy atom. The summed E-state index contributed by atoms with van der Waals surface area (Å²) < 4.78 is 31.7. The lowest BCUT2D eigenvalue weighted by molar-refractivity contribution is -0.192. The van der Waals surface area contributed by atoms with Crippen LogP contribution < -0.4 is 16.0 Å². The fourth-order valence-electron chi connectivity index (χ4n) is 1.98. The highest BCUT2D eigenvalue weighted by Crippen LogP contribution is 2.18. The number of carboxylic acids is 1. The number of rotatable bonds is 2. The molecule has 0 unspecified atom stereocenters. The first-order chi connectivity index (χ1) is 10.2. The van der Waals surface area contributed by atoms with Gasteiger partial charge in [0.05, 0.1) is 11.9 Å². The van der Waals surface area contributed by atoms with Gasteiger partial charge in [0.25, 0.3) is 0 Å². The zero-order valence-corrected chi connectivity index (χ0v) is 12.1. The second kappa shape index (κ2) is 7.83. The van der Waals surface area contributed by atoms with Crippen LogP contribution in [0.5, 0.6) is 0 Å². The number of nitrogens with two attached hydrogens (primary N) is 1. The summed E-state index contributed by atoms with van der Waals surface area (Å²) in [5.41, 5.74) is 6.33. The summed E-state index contributed by atoms with van der Waals surface area (Å²) in [5.74, 6) is -1.72. The van der Waals surface area contributed by atoms with Crippen molar-refractivity contribution in [2.45, 2.75) is 25.1 Å². The van der Waals surface area contributed by atoms with E-state index >= 15 is 0 Å². The molecule has 1 fully saturated rings. The third-order valence-corrected chi connectivity index (χ3v) is 3.24. The average molecular weight is 320 g/mol. The molecule has 1 aromatic heterocycles. The Balaban J connectivity index is 0.000000295. The summed E-state index contributed by atoms with van der Waals surface area (Å²) in [5, 5.41) is 10.4. The fraction of sp³-hybridized carbons (Fsp3) is 0.538. The molecule has 0 radical (unpaired) electrons. The molecule has 0 spiro atoms. The van der Waals surface area contributed by atoms with Gasteiger partial charge in [0.1, 0.15) is 5.82 Å². The van der Waals surface area contributed by atoms with E-state index < -0.39 is 12.1 Å². The van der Waals surface area contributed by atoms with Gasteiger partial charge in [-0.2, -0.15) is 13.2 Å². The summed E-state index contributed by atoms with van der Waals surface area (Å²) in [6.07, 6.45) is -0.995. The van der Waals surface area contributed by atoms with Crippen LogP contribution in [0.2, 0.25) is 0 Å². The van der Waals surface area contributed by atoms with E-state index in [2.05, 4.69) is 15.2 Å². The minimum atomic E-state index is -5.08. The molecule has 2 heterocycles. The Labute approximate surface area is 126 Å². The summed E-state index contributed by atoms with van der Waals surface area (Å²) >= 11 is 0. The van der Waals surface area contributed by atoms with Gasteiger partial charge in [0.2, 0.25) is 0 Å². The number of hydrogen-bond acceptors (Lipinski definition) is 5. The summed E-state index contributed by atoms with van der Waals surface area (Å²) in [4.78, 5) is 15.5. The fourth-order valence-corrected chi connectivity index (χ4v) is 1.98. The first-order valence-corrected chi connectivity index (χ1v) is 6.68. The summed E-state index contributed by atoms with van der Waals surface area (Å²) in [6, 6.07) is 4.57. The van der Waals surface area contributed by atoms with Gasteiger partial charge in [-0.1, -0.05) is 0 Å². The number of halogens is 3. The third kappa shape index (κ3) is 5.76. The van der Waals surface area contributed by atoms with Crippen LogP contribution in [0, 0.1) is 0 Å². The van der Waals surface area contributed by atoms with Crippen LogP contribution in [0.25, 0.3) is 0 Å². The van der Waals surface area contributed by atoms with Gasteiger partial charge < -0.3 is 21.1 Å². The lowest BCUT2D eigenvalue weighted by atomic mass is 10.1. The normalized spacial score (nSPS) is 15.9. The smallest absolute Gasteiger partial charge is 0.475 e. The Morgan fingerprint density at radius 3 is 2.32 bits per heavy atom. The predicted molar refractivity (Wildman–Crippen MR) is 76.6 cm³/mol. The lowest BCUT2D eigenvalue weighted by Crippen LogP contribution is -2.41. The van der Waals surface area contributed by atoms with Crippen LogP contribution >= 0.6 is 0 Å². The maximum atomic E-state index is 10.6. The van der Waals surface area contributed by atoms with Gasteiger partial charge in [-0.05, 0) is 32.0 Å². The number of hydrogen-bond donors (Lipinski definition) is 3. The summed E-state index contributed by atoms with van der Waals surface area (Å²) in [7, 11) is 2.03. The van der Waals surface area contributed by atoms with Crippen LogP contribution in [-0.4, -0.2) is 48.4 Å². The predicted octanol–water partition coefficient (Wildman–Crippen LogP) is 1.49. The average Bonchev–Trinajstić information content (AvgIpc) is 2.48. The molecule has 0 amide bonds. The van der Waals surface area contributed by atoms with E-state index in [4.69, 9.17) is 15.6 Å². The highest BCUT2D eigenvalue weighted by Gasteiger charge is 2.38. The van der Waals surface area contributed by atoms with Crippen LogP contribution in [0.1, 0.15) is 12.8 Å². The Bertz CT molecular complexity index is 471. The van der Waals surface area contributed by atoms with E-state index in [0.29, 0.717) is 6.04 Å². The number of alkyl halides is 3. The topological polar surface area (TPSA) is 91.5 Å². The van der Waals surface area contributed by atoms with E-state index in [0.717, 1.165) is 24.6 Å². The second-order valence-electron chi connectivity index (χ2n) is 4.80. The van der Waals surface area contributed by atoms with Crippen molar-refractivity contribution in [3.05, 3.63) is 18.3 Å². The molecule has 6 nitrogen and oxygen atoms in total. The molecule has 0 atom stereocenters. The van der Waals surface area contributed by atoms with Crippen molar-refractivity contribution >= 4 is 17.5 Å². The zero-order valence-electron chi connectivity index (χ0n) is 12.1. The zero-order chi connectivity index (χ0) is 16.8. The second-order valence-corrected chi connectivity index (χ2v) is 4.80. The number of carboxylic acid groups (broad SMARTS) is 1. The highest BCUT2D eigenvalue weighted by molar-refractivity contribution is 5.73. The molecule has 1 saturated heterocycles. The quantitative estimate of drug-likeness (QED) is 0.765. The number of carbonyl (C=O) groups is 1. The molecule has 0 saturated carbocycles. The molecule has 0 aliphatic carbocycles. The van der Waals surface area contributed by atoms with Crippen molar-refractivity contribution in [3.63, 3.8) is 0 Å². The van der Waals surface area contributed by atoms with Gasteiger partial charge >= 0.3 is 12.1 Å². The van der Waals surface area contributed by atoms with Crippen molar-refractivity contribution in [2.75, 3.05) is 30.8 Å². The van der Waals surface area contributed by atoms with E-state index in [1.165, 1.54) is 12.8 Å². The minimum absolute atomic E-state index is 0.662. The monoisotopic (exact) mass is 320 g/mol. The minimum Gasteiger partial charge on any atom is -0.475 e. The van der Waals surface area contributed by atoms with Gasteiger partial charge in [-0.3, -0.25) is 0 Å². The molecular formula is C13H19F3N4O2. The maximum absolute atomic E-state index is 10.6. The number of anilines is 2. The van der Waals surface area contributed by atoms with Crippen LogP contribution in [0.3, 0.4) is 0 Å². The third-order valence-electron chi connectivity index (χ3n) is 3.24. The molecule has 0 bridgehead atoms. The van der Waals surface area contributed by atoms with Crippen molar-refractivity contribution in [3.8, 4) is 0 Å². The number of nitrogen functional groups attached to an aromatic ring is 1. The molecular weight excluding hydrogens is 301 g/mol. The SMILES string of the molecule is CNC1CCN(c2ccc(N)cn2)CC1.O=C(O)C(F)(F)F. The number of aliphatic carboxylic acids is 1. The van der Waals surface area contributed by atoms with E-state index in [9.17, 15) is 13.2 Å². The Morgan fingerprint density at radius 2 is 1.95 bits per heavy atom.